The minimum atomic E-state index is 0.889. The van der Waals surface area contributed by atoms with Crippen LogP contribution in [0.2, 0.25) is 0 Å². The van der Waals surface area contributed by atoms with E-state index in [-0.39, 0.29) is 0 Å². The van der Waals surface area contributed by atoms with Gasteiger partial charge in [-0.25, -0.2) is 0 Å². The fraction of sp³-hybridized carbons (Fsp3) is 0.778. The van der Waals surface area contributed by atoms with Crippen molar-refractivity contribution in [3.8, 4) is 0 Å². The fourth-order valence-corrected chi connectivity index (χ4v) is 1.46. The normalized spacial score (nSPS) is 26.0. The molecule has 2 rings (SSSR count). The van der Waals surface area contributed by atoms with Gasteiger partial charge in [0.2, 0.25) is 0 Å². The van der Waals surface area contributed by atoms with Gasteiger partial charge >= 0.3 is 0 Å². The second kappa shape index (κ2) is 2.75. The summed E-state index contributed by atoms with van der Waals surface area (Å²) in [4.78, 5) is 0. The standard InChI is InChI=1S/C9H15N/c1-2-4-8(3-1)7-10-9-5-6-9/h1-2,8-10H,3-7H2. The van der Waals surface area contributed by atoms with Gasteiger partial charge in [-0.05, 0) is 38.1 Å². The lowest BCUT2D eigenvalue weighted by Crippen LogP contribution is -2.23. The van der Waals surface area contributed by atoms with E-state index in [1.165, 1.54) is 32.2 Å². The monoisotopic (exact) mass is 137 g/mol. The molecule has 0 aromatic rings. The summed E-state index contributed by atoms with van der Waals surface area (Å²) in [6.07, 6.45) is 10.1. The summed E-state index contributed by atoms with van der Waals surface area (Å²) in [5.74, 6) is 0.917. The molecule has 0 amide bonds. The van der Waals surface area contributed by atoms with Crippen LogP contribution in [0.5, 0.6) is 0 Å². The Hall–Kier alpha value is -0.300. The fourth-order valence-electron chi connectivity index (χ4n) is 1.46. The van der Waals surface area contributed by atoms with Gasteiger partial charge in [0.05, 0.1) is 0 Å². The molecule has 0 atom stereocenters. The van der Waals surface area contributed by atoms with E-state index in [4.69, 9.17) is 0 Å². The Morgan fingerprint density at radius 1 is 1.20 bits per heavy atom. The van der Waals surface area contributed by atoms with E-state index in [1.807, 2.05) is 0 Å². The smallest absolute Gasteiger partial charge is 0.00683 e. The van der Waals surface area contributed by atoms with Crippen LogP contribution in [0.4, 0.5) is 0 Å². The first-order chi connectivity index (χ1) is 4.95. The molecule has 10 heavy (non-hydrogen) atoms. The third-order valence-corrected chi connectivity index (χ3v) is 2.38. The van der Waals surface area contributed by atoms with E-state index < -0.39 is 0 Å². The van der Waals surface area contributed by atoms with Crippen molar-refractivity contribution in [2.24, 2.45) is 5.92 Å². The van der Waals surface area contributed by atoms with Gasteiger partial charge in [0.25, 0.3) is 0 Å². The van der Waals surface area contributed by atoms with E-state index in [0.717, 1.165) is 12.0 Å². The molecule has 2 aliphatic carbocycles. The van der Waals surface area contributed by atoms with E-state index in [9.17, 15) is 0 Å². The van der Waals surface area contributed by atoms with Crippen LogP contribution >= 0.6 is 0 Å². The molecule has 0 aromatic carbocycles. The predicted octanol–water partition coefficient (Wildman–Crippen LogP) is 1.70. The van der Waals surface area contributed by atoms with Crippen molar-refractivity contribution in [2.75, 3.05) is 6.54 Å². The van der Waals surface area contributed by atoms with Crippen molar-refractivity contribution < 1.29 is 0 Å². The molecule has 0 spiro atoms. The van der Waals surface area contributed by atoms with Gasteiger partial charge in [-0.1, -0.05) is 12.2 Å². The molecule has 1 nitrogen and oxygen atoms in total. The highest BCUT2D eigenvalue weighted by atomic mass is 14.9. The van der Waals surface area contributed by atoms with Crippen molar-refractivity contribution in [1.29, 1.82) is 0 Å². The van der Waals surface area contributed by atoms with Crippen molar-refractivity contribution in [3.63, 3.8) is 0 Å². The number of hydrogen-bond donors (Lipinski definition) is 1. The van der Waals surface area contributed by atoms with Crippen LogP contribution in [0.25, 0.3) is 0 Å². The van der Waals surface area contributed by atoms with Gasteiger partial charge < -0.3 is 5.32 Å². The maximum Gasteiger partial charge on any atom is 0.00683 e. The molecule has 0 aromatic heterocycles. The van der Waals surface area contributed by atoms with E-state index >= 15 is 0 Å². The SMILES string of the molecule is C1=CCC(CNC2CC2)C1. The first-order valence-electron chi connectivity index (χ1n) is 4.33. The number of rotatable bonds is 3. The topological polar surface area (TPSA) is 12.0 Å². The number of hydrogen-bond acceptors (Lipinski definition) is 1. The van der Waals surface area contributed by atoms with Gasteiger partial charge in [-0.3, -0.25) is 0 Å². The van der Waals surface area contributed by atoms with Crippen LogP contribution in [0.15, 0.2) is 12.2 Å². The van der Waals surface area contributed by atoms with E-state index in [0.29, 0.717) is 0 Å². The summed E-state index contributed by atoms with van der Waals surface area (Å²) in [7, 11) is 0. The van der Waals surface area contributed by atoms with Gasteiger partial charge in [-0.15, -0.1) is 0 Å². The molecule has 0 saturated heterocycles. The van der Waals surface area contributed by atoms with Gasteiger partial charge in [0.1, 0.15) is 0 Å². The van der Waals surface area contributed by atoms with Crippen molar-refractivity contribution >= 4 is 0 Å². The number of allylic oxidation sites excluding steroid dienone is 2. The second-order valence-electron chi connectivity index (χ2n) is 3.49. The maximum atomic E-state index is 3.56. The third-order valence-electron chi connectivity index (χ3n) is 2.38. The molecule has 1 saturated carbocycles. The average molecular weight is 137 g/mol. The highest BCUT2D eigenvalue weighted by molar-refractivity contribution is 4.95. The third kappa shape index (κ3) is 1.60. The summed E-state index contributed by atoms with van der Waals surface area (Å²) < 4.78 is 0. The van der Waals surface area contributed by atoms with Gasteiger partial charge in [-0.2, -0.15) is 0 Å². The Morgan fingerprint density at radius 3 is 2.50 bits per heavy atom. The molecule has 0 radical (unpaired) electrons. The van der Waals surface area contributed by atoms with Crippen LogP contribution in [-0.2, 0) is 0 Å². The largest absolute Gasteiger partial charge is 0.314 e. The van der Waals surface area contributed by atoms with Crippen LogP contribution in [-0.4, -0.2) is 12.6 Å². The zero-order valence-electron chi connectivity index (χ0n) is 6.34. The predicted molar refractivity (Wildman–Crippen MR) is 42.9 cm³/mol. The van der Waals surface area contributed by atoms with Crippen LogP contribution < -0.4 is 5.32 Å². The summed E-state index contributed by atoms with van der Waals surface area (Å²) >= 11 is 0. The molecule has 1 N–H and O–H groups in total. The van der Waals surface area contributed by atoms with Crippen LogP contribution in [0, 0.1) is 5.92 Å². The Morgan fingerprint density at radius 2 is 1.90 bits per heavy atom. The molecule has 0 aliphatic heterocycles. The first-order valence-corrected chi connectivity index (χ1v) is 4.33. The minimum Gasteiger partial charge on any atom is -0.314 e. The zero-order valence-corrected chi connectivity index (χ0v) is 6.34. The second-order valence-corrected chi connectivity index (χ2v) is 3.49. The van der Waals surface area contributed by atoms with Crippen LogP contribution in [0.3, 0.4) is 0 Å². The molecule has 0 heterocycles. The lowest BCUT2D eigenvalue weighted by Gasteiger charge is -2.08. The summed E-state index contributed by atoms with van der Waals surface area (Å²) in [6.45, 7) is 1.25. The lowest BCUT2D eigenvalue weighted by molar-refractivity contribution is 0.502. The summed E-state index contributed by atoms with van der Waals surface area (Å²) in [5, 5.41) is 3.56. The molecule has 2 aliphatic rings. The Labute approximate surface area is 62.5 Å². The average Bonchev–Trinajstić information content (AvgIpc) is 2.63. The van der Waals surface area contributed by atoms with E-state index in [1.54, 1.807) is 0 Å². The maximum absolute atomic E-state index is 3.56. The van der Waals surface area contributed by atoms with Gasteiger partial charge in [0.15, 0.2) is 0 Å². The molecule has 1 fully saturated rings. The van der Waals surface area contributed by atoms with Crippen molar-refractivity contribution in [2.45, 2.75) is 31.7 Å². The Balaban J connectivity index is 1.61. The van der Waals surface area contributed by atoms with Crippen LogP contribution in [0.1, 0.15) is 25.7 Å². The zero-order chi connectivity index (χ0) is 6.81. The molecular weight excluding hydrogens is 122 g/mol. The molecule has 56 valence electrons. The highest BCUT2D eigenvalue weighted by Crippen LogP contribution is 2.21. The molecule has 1 heteroatoms. The minimum absolute atomic E-state index is 0.889. The first kappa shape index (κ1) is 6.41. The molecule has 0 unspecified atom stereocenters. The van der Waals surface area contributed by atoms with Gasteiger partial charge in [0, 0.05) is 6.04 Å². The lowest BCUT2D eigenvalue weighted by atomic mass is 10.1. The van der Waals surface area contributed by atoms with Crippen molar-refractivity contribution in [3.05, 3.63) is 12.2 Å². The quantitative estimate of drug-likeness (QED) is 0.584. The number of nitrogens with one attached hydrogen (secondary N) is 1. The molecular formula is C9H15N. The molecule has 0 bridgehead atoms. The van der Waals surface area contributed by atoms with E-state index in [2.05, 4.69) is 17.5 Å². The summed E-state index contributed by atoms with van der Waals surface area (Å²) in [6, 6.07) is 0.889. The van der Waals surface area contributed by atoms with Crippen molar-refractivity contribution in [1.82, 2.24) is 5.32 Å². The Bertz CT molecular complexity index is 128. The highest BCUT2D eigenvalue weighted by Gasteiger charge is 2.21. The summed E-state index contributed by atoms with van der Waals surface area (Å²) in [5.41, 5.74) is 0. The Kier molecular flexibility index (Phi) is 1.76.